The number of carboxylic acid groups (broad SMARTS) is 1. The van der Waals surface area contributed by atoms with Gasteiger partial charge in [-0.3, -0.25) is 4.79 Å². The van der Waals surface area contributed by atoms with Crippen molar-refractivity contribution in [3.05, 3.63) is 0 Å². The fraction of sp³-hybridized carbons (Fsp3) is 0.909. The monoisotopic (exact) mass is 215 g/mol. The molecule has 0 aromatic heterocycles. The summed E-state index contributed by atoms with van der Waals surface area (Å²) in [6.07, 6.45) is 2.11. The molecule has 0 aromatic carbocycles. The predicted molar refractivity (Wildman–Crippen MR) is 57.8 cm³/mol. The Morgan fingerprint density at radius 1 is 1.53 bits per heavy atom. The van der Waals surface area contributed by atoms with E-state index in [0.29, 0.717) is 6.54 Å². The Morgan fingerprint density at radius 2 is 2.13 bits per heavy atom. The molecule has 1 aliphatic rings. The normalized spacial score (nSPS) is 22.3. The van der Waals surface area contributed by atoms with Crippen LogP contribution in [-0.2, 0) is 9.53 Å². The number of hydrogen-bond donors (Lipinski definition) is 2. The van der Waals surface area contributed by atoms with Crippen molar-refractivity contribution in [2.24, 2.45) is 11.3 Å². The average molecular weight is 215 g/mol. The number of carbonyl (C=O) groups is 1. The van der Waals surface area contributed by atoms with Crippen LogP contribution in [0.5, 0.6) is 0 Å². The summed E-state index contributed by atoms with van der Waals surface area (Å²) in [5.74, 6) is -1.05. The van der Waals surface area contributed by atoms with Gasteiger partial charge in [-0.25, -0.2) is 0 Å². The first-order valence-corrected chi connectivity index (χ1v) is 5.55. The molecule has 1 aliphatic heterocycles. The molecule has 0 radical (unpaired) electrons. The van der Waals surface area contributed by atoms with Crippen LogP contribution in [0.25, 0.3) is 0 Å². The van der Waals surface area contributed by atoms with Crippen LogP contribution in [0.1, 0.15) is 26.7 Å². The smallest absolute Gasteiger partial charge is 0.307 e. The highest BCUT2D eigenvalue weighted by atomic mass is 16.5. The van der Waals surface area contributed by atoms with Gasteiger partial charge in [-0.15, -0.1) is 0 Å². The van der Waals surface area contributed by atoms with Crippen molar-refractivity contribution in [2.75, 3.05) is 26.3 Å². The molecule has 1 rings (SSSR count). The van der Waals surface area contributed by atoms with E-state index in [4.69, 9.17) is 9.84 Å². The van der Waals surface area contributed by atoms with Gasteiger partial charge in [-0.1, -0.05) is 13.8 Å². The topological polar surface area (TPSA) is 58.6 Å². The van der Waals surface area contributed by atoms with E-state index in [-0.39, 0.29) is 11.3 Å². The van der Waals surface area contributed by atoms with E-state index >= 15 is 0 Å². The Kier molecular flexibility index (Phi) is 4.54. The minimum Gasteiger partial charge on any atom is -0.481 e. The van der Waals surface area contributed by atoms with E-state index in [1.165, 1.54) is 0 Å². The van der Waals surface area contributed by atoms with Crippen molar-refractivity contribution in [2.45, 2.75) is 26.7 Å². The van der Waals surface area contributed by atoms with Gasteiger partial charge in [0, 0.05) is 26.3 Å². The second-order valence-electron chi connectivity index (χ2n) is 4.79. The zero-order valence-corrected chi connectivity index (χ0v) is 9.58. The Labute approximate surface area is 91.0 Å². The standard InChI is InChI=1S/C11H21NO3/c1-9(10(13)14)7-12-8-11(2)3-5-15-6-4-11/h9,12H,3-8H2,1-2H3,(H,13,14). The Balaban J connectivity index is 2.21. The van der Waals surface area contributed by atoms with E-state index in [1.807, 2.05) is 0 Å². The molecule has 0 bridgehead atoms. The Bertz CT molecular complexity index is 212. The van der Waals surface area contributed by atoms with Crippen molar-refractivity contribution in [1.29, 1.82) is 0 Å². The minimum atomic E-state index is -0.736. The van der Waals surface area contributed by atoms with Crippen molar-refractivity contribution < 1.29 is 14.6 Å². The molecule has 1 atom stereocenters. The van der Waals surface area contributed by atoms with Gasteiger partial charge in [0.25, 0.3) is 0 Å². The van der Waals surface area contributed by atoms with Crippen molar-refractivity contribution >= 4 is 5.97 Å². The van der Waals surface area contributed by atoms with E-state index in [9.17, 15) is 4.79 Å². The van der Waals surface area contributed by atoms with Crippen molar-refractivity contribution in [3.8, 4) is 0 Å². The summed E-state index contributed by atoms with van der Waals surface area (Å²) in [7, 11) is 0. The number of ether oxygens (including phenoxy) is 1. The molecule has 0 aromatic rings. The van der Waals surface area contributed by atoms with Gasteiger partial charge in [0.1, 0.15) is 0 Å². The van der Waals surface area contributed by atoms with Crippen LogP contribution in [0, 0.1) is 11.3 Å². The molecule has 0 saturated carbocycles. The first-order valence-electron chi connectivity index (χ1n) is 5.55. The third-order valence-electron chi connectivity index (χ3n) is 3.12. The lowest BCUT2D eigenvalue weighted by molar-refractivity contribution is -0.141. The van der Waals surface area contributed by atoms with Gasteiger partial charge in [0.15, 0.2) is 0 Å². The molecule has 2 N–H and O–H groups in total. The summed E-state index contributed by atoms with van der Waals surface area (Å²) in [6.45, 7) is 7.04. The molecule has 4 nitrogen and oxygen atoms in total. The highest BCUT2D eigenvalue weighted by Gasteiger charge is 2.27. The van der Waals surface area contributed by atoms with Gasteiger partial charge in [0.2, 0.25) is 0 Å². The molecule has 88 valence electrons. The molecule has 1 unspecified atom stereocenters. The van der Waals surface area contributed by atoms with Crippen molar-refractivity contribution in [1.82, 2.24) is 5.32 Å². The summed E-state index contributed by atoms with van der Waals surface area (Å²) in [4.78, 5) is 10.6. The summed E-state index contributed by atoms with van der Waals surface area (Å²) in [5.41, 5.74) is 0.274. The van der Waals surface area contributed by atoms with E-state index in [1.54, 1.807) is 6.92 Å². The zero-order chi connectivity index (χ0) is 11.3. The first-order chi connectivity index (χ1) is 7.03. The van der Waals surface area contributed by atoms with Crippen LogP contribution in [-0.4, -0.2) is 37.4 Å². The van der Waals surface area contributed by atoms with Gasteiger partial charge in [-0.2, -0.15) is 0 Å². The van der Waals surface area contributed by atoms with Crippen LogP contribution in [0.4, 0.5) is 0 Å². The zero-order valence-electron chi connectivity index (χ0n) is 9.58. The first kappa shape index (κ1) is 12.5. The SMILES string of the molecule is CC(CNCC1(C)CCOCC1)C(=O)O. The molecule has 1 fully saturated rings. The molecule has 15 heavy (non-hydrogen) atoms. The summed E-state index contributed by atoms with van der Waals surface area (Å²) < 4.78 is 5.31. The molecule has 1 heterocycles. The van der Waals surface area contributed by atoms with Crippen LogP contribution < -0.4 is 5.32 Å². The average Bonchev–Trinajstić information content (AvgIpc) is 2.18. The number of nitrogens with one attached hydrogen (secondary N) is 1. The lowest BCUT2D eigenvalue weighted by atomic mass is 9.82. The molecule has 1 saturated heterocycles. The van der Waals surface area contributed by atoms with Gasteiger partial charge in [-0.05, 0) is 18.3 Å². The van der Waals surface area contributed by atoms with E-state index in [0.717, 1.165) is 32.6 Å². The van der Waals surface area contributed by atoms with Crippen LogP contribution in [0.2, 0.25) is 0 Å². The van der Waals surface area contributed by atoms with Gasteiger partial charge >= 0.3 is 5.97 Å². The fourth-order valence-corrected chi connectivity index (χ4v) is 1.72. The van der Waals surface area contributed by atoms with Crippen LogP contribution in [0.3, 0.4) is 0 Å². The highest BCUT2D eigenvalue weighted by Crippen LogP contribution is 2.28. The minimum absolute atomic E-state index is 0.274. The second-order valence-corrected chi connectivity index (χ2v) is 4.79. The lowest BCUT2D eigenvalue weighted by Crippen LogP contribution is -2.39. The lowest BCUT2D eigenvalue weighted by Gasteiger charge is -2.33. The molecular weight excluding hydrogens is 194 g/mol. The third-order valence-corrected chi connectivity index (χ3v) is 3.12. The molecule has 0 aliphatic carbocycles. The molecule has 0 amide bonds. The summed E-state index contributed by atoms with van der Waals surface area (Å²) in [6, 6.07) is 0. The van der Waals surface area contributed by atoms with Gasteiger partial charge in [0.05, 0.1) is 5.92 Å². The van der Waals surface area contributed by atoms with E-state index in [2.05, 4.69) is 12.2 Å². The largest absolute Gasteiger partial charge is 0.481 e. The van der Waals surface area contributed by atoms with E-state index < -0.39 is 5.97 Å². The Hall–Kier alpha value is -0.610. The quantitative estimate of drug-likeness (QED) is 0.721. The maximum absolute atomic E-state index is 10.6. The van der Waals surface area contributed by atoms with Crippen LogP contribution >= 0.6 is 0 Å². The maximum atomic E-state index is 10.6. The van der Waals surface area contributed by atoms with Crippen LogP contribution in [0.15, 0.2) is 0 Å². The molecule has 0 spiro atoms. The fourth-order valence-electron chi connectivity index (χ4n) is 1.72. The predicted octanol–water partition coefficient (Wildman–Crippen LogP) is 1.11. The number of rotatable bonds is 5. The Morgan fingerprint density at radius 3 is 2.67 bits per heavy atom. The highest BCUT2D eigenvalue weighted by molar-refractivity contribution is 5.69. The van der Waals surface area contributed by atoms with Gasteiger partial charge < -0.3 is 15.2 Å². The number of carboxylic acids is 1. The summed E-state index contributed by atoms with van der Waals surface area (Å²) in [5, 5.41) is 12.0. The second kappa shape index (κ2) is 5.47. The number of hydrogen-bond acceptors (Lipinski definition) is 3. The maximum Gasteiger partial charge on any atom is 0.307 e. The summed E-state index contributed by atoms with van der Waals surface area (Å²) >= 11 is 0. The number of aliphatic carboxylic acids is 1. The van der Waals surface area contributed by atoms with Crippen molar-refractivity contribution in [3.63, 3.8) is 0 Å². The third kappa shape index (κ3) is 4.18. The molecule has 4 heteroatoms. The molecular formula is C11H21NO3.